The van der Waals surface area contributed by atoms with Crippen molar-refractivity contribution in [1.82, 2.24) is 14.7 Å². The lowest BCUT2D eigenvalue weighted by Gasteiger charge is -2.27. The van der Waals surface area contributed by atoms with Gasteiger partial charge in [0.05, 0.1) is 17.9 Å². The van der Waals surface area contributed by atoms with Crippen molar-refractivity contribution < 1.29 is 4.74 Å². The zero-order chi connectivity index (χ0) is 14.2. The van der Waals surface area contributed by atoms with E-state index >= 15 is 0 Å². The third kappa shape index (κ3) is 2.68. The van der Waals surface area contributed by atoms with Gasteiger partial charge in [0.25, 0.3) is 0 Å². The van der Waals surface area contributed by atoms with Gasteiger partial charge in [0.2, 0.25) is 0 Å². The highest BCUT2D eigenvalue weighted by atomic mass is 16.5. The summed E-state index contributed by atoms with van der Waals surface area (Å²) in [5, 5.41) is 4.31. The summed E-state index contributed by atoms with van der Waals surface area (Å²) >= 11 is 0. The van der Waals surface area contributed by atoms with Crippen LogP contribution in [0.1, 0.15) is 24.8 Å². The van der Waals surface area contributed by atoms with Crippen LogP contribution in [0, 0.1) is 6.92 Å². The molecule has 1 aliphatic carbocycles. The zero-order valence-corrected chi connectivity index (χ0v) is 12.4. The Balaban J connectivity index is 1.32. The van der Waals surface area contributed by atoms with Crippen LogP contribution < -0.4 is 4.74 Å². The fourth-order valence-corrected chi connectivity index (χ4v) is 2.95. The molecule has 4 rings (SSSR count). The van der Waals surface area contributed by atoms with Gasteiger partial charge in [-0.05, 0) is 49.6 Å². The first kappa shape index (κ1) is 12.9. The molecule has 0 bridgehead atoms. The highest BCUT2D eigenvalue weighted by molar-refractivity contribution is 5.37. The van der Waals surface area contributed by atoms with Gasteiger partial charge in [-0.15, -0.1) is 0 Å². The topological polar surface area (TPSA) is 30.1 Å². The van der Waals surface area contributed by atoms with Crippen molar-refractivity contribution in [3.63, 3.8) is 0 Å². The fraction of sp³-hybridized carbons (Fsp3) is 0.471. The minimum absolute atomic E-state index is 0.642. The molecule has 110 valence electrons. The van der Waals surface area contributed by atoms with Gasteiger partial charge >= 0.3 is 0 Å². The number of rotatable bonds is 5. The van der Waals surface area contributed by atoms with Gasteiger partial charge in [0.15, 0.2) is 0 Å². The lowest BCUT2D eigenvalue weighted by molar-refractivity contribution is 0.215. The van der Waals surface area contributed by atoms with Crippen LogP contribution in [0.5, 0.6) is 5.75 Å². The second kappa shape index (κ2) is 5.19. The first-order valence-corrected chi connectivity index (χ1v) is 7.80. The minimum atomic E-state index is 0.642. The van der Waals surface area contributed by atoms with E-state index in [-0.39, 0.29) is 0 Å². The molecular weight excluding hydrogens is 262 g/mol. The highest BCUT2D eigenvalue weighted by Gasteiger charge is 2.42. The summed E-state index contributed by atoms with van der Waals surface area (Å²) in [4.78, 5) is 2.57. The van der Waals surface area contributed by atoms with Crippen LogP contribution in [-0.2, 0) is 0 Å². The van der Waals surface area contributed by atoms with E-state index in [0.717, 1.165) is 24.1 Å². The van der Waals surface area contributed by atoms with Gasteiger partial charge in [-0.25, -0.2) is 4.68 Å². The Kier molecular flexibility index (Phi) is 3.19. The Labute approximate surface area is 125 Å². The quantitative estimate of drug-likeness (QED) is 0.790. The second-order valence-electron chi connectivity index (χ2n) is 6.20. The molecule has 0 N–H and O–H groups in total. The van der Waals surface area contributed by atoms with E-state index in [2.05, 4.69) is 22.1 Å². The number of ether oxygens (including phenoxy) is 1. The van der Waals surface area contributed by atoms with Crippen LogP contribution >= 0.6 is 0 Å². The van der Waals surface area contributed by atoms with E-state index in [4.69, 9.17) is 4.74 Å². The smallest absolute Gasteiger partial charge is 0.119 e. The maximum Gasteiger partial charge on any atom is 0.119 e. The van der Waals surface area contributed by atoms with Crippen molar-refractivity contribution in [2.45, 2.75) is 38.3 Å². The Hall–Kier alpha value is -1.81. The molecule has 4 heteroatoms. The van der Waals surface area contributed by atoms with E-state index < -0.39 is 0 Å². The second-order valence-corrected chi connectivity index (χ2v) is 6.20. The molecule has 21 heavy (non-hydrogen) atoms. The van der Waals surface area contributed by atoms with E-state index in [1.54, 1.807) is 0 Å². The highest BCUT2D eigenvalue weighted by Crippen LogP contribution is 2.33. The average Bonchev–Trinajstić information content (AvgIpc) is 3.05. The van der Waals surface area contributed by atoms with Crippen molar-refractivity contribution in [2.75, 3.05) is 13.2 Å². The third-order valence-electron chi connectivity index (χ3n) is 4.56. The van der Waals surface area contributed by atoms with E-state index in [0.29, 0.717) is 6.04 Å². The maximum absolute atomic E-state index is 5.90. The molecule has 2 heterocycles. The molecular formula is C17H21N3O. The molecule has 2 fully saturated rings. The van der Waals surface area contributed by atoms with Crippen LogP contribution in [-0.4, -0.2) is 39.9 Å². The number of hydrogen-bond donors (Lipinski definition) is 0. The molecule has 2 aromatic rings. The standard InChI is InChI=1S/C17H21N3O/c1-13-9-18-20(10-13)15-5-7-17(8-6-15)21-12-16-11-19(16)14-3-2-4-14/h5-10,14,16H,2-4,11-12H2,1H3. The summed E-state index contributed by atoms with van der Waals surface area (Å²) < 4.78 is 7.79. The minimum Gasteiger partial charge on any atom is -0.492 e. The van der Waals surface area contributed by atoms with Gasteiger partial charge in [0.1, 0.15) is 12.4 Å². The number of aromatic nitrogens is 2. The first-order chi connectivity index (χ1) is 10.3. The fourth-order valence-electron chi connectivity index (χ4n) is 2.95. The molecule has 0 spiro atoms. The predicted octanol–water partition coefficient (Wildman–Crippen LogP) is 2.80. The van der Waals surface area contributed by atoms with Crippen LogP contribution in [0.15, 0.2) is 36.7 Å². The monoisotopic (exact) mass is 283 g/mol. The Morgan fingerprint density at radius 1 is 1.24 bits per heavy atom. The summed E-state index contributed by atoms with van der Waals surface area (Å²) in [5.41, 5.74) is 2.23. The molecule has 2 unspecified atom stereocenters. The molecule has 2 aliphatic rings. The molecule has 2 atom stereocenters. The van der Waals surface area contributed by atoms with Gasteiger partial charge in [0, 0.05) is 18.8 Å². The Morgan fingerprint density at radius 2 is 2.05 bits per heavy atom. The molecule has 0 radical (unpaired) electrons. The van der Waals surface area contributed by atoms with Crippen molar-refractivity contribution in [1.29, 1.82) is 0 Å². The van der Waals surface area contributed by atoms with Crippen LogP contribution in [0.2, 0.25) is 0 Å². The molecule has 0 amide bonds. The van der Waals surface area contributed by atoms with Crippen LogP contribution in [0.4, 0.5) is 0 Å². The third-order valence-corrected chi connectivity index (χ3v) is 4.56. The maximum atomic E-state index is 5.90. The molecule has 1 aromatic heterocycles. The Morgan fingerprint density at radius 3 is 2.67 bits per heavy atom. The molecule has 1 aliphatic heterocycles. The van der Waals surface area contributed by atoms with Gasteiger partial charge in [-0.3, -0.25) is 4.90 Å². The normalized spacial score (nSPS) is 24.6. The van der Waals surface area contributed by atoms with Crippen molar-refractivity contribution in [2.24, 2.45) is 0 Å². The summed E-state index contributed by atoms with van der Waals surface area (Å²) in [6.45, 7) is 4.08. The molecule has 1 saturated heterocycles. The largest absolute Gasteiger partial charge is 0.492 e. The lowest BCUT2D eigenvalue weighted by atomic mass is 9.93. The SMILES string of the molecule is Cc1cnn(-c2ccc(OCC3CN3C3CCC3)cc2)c1. The van der Waals surface area contributed by atoms with Gasteiger partial charge in [-0.1, -0.05) is 6.42 Å². The van der Waals surface area contributed by atoms with E-state index in [1.807, 2.05) is 36.1 Å². The van der Waals surface area contributed by atoms with E-state index in [9.17, 15) is 0 Å². The number of hydrogen-bond acceptors (Lipinski definition) is 3. The Bertz CT molecular complexity index is 615. The molecule has 1 aromatic carbocycles. The average molecular weight is 283 g/mol. The van der Waals surface area contributed by atoms with Crippen LogP contribution in [0.3, 0.4) is 0 Å². The number of aryl methyl sites for hydroxylation is 1. The van der Waals surface area contributed by atoms with Crippen molar-refractivity contribution >= 4 is 0 Å². The zero-order valence-electron chi connectivity index (χ0n) is 12.4. The summed E-state index contributed by atoms with van der Waals surface area (Å²) in [6.07, 6.45) is 8.06. The molecule has 4 nitrogen and oxygen atoms in total. The summed E-state index contributed by atoms with van der Waals surface area (Å²) in [6, 6.07) is 9.66. The van der Waals surface area contributed by atoms with Crippen LogP contribution in [0.25, 0.3) is 5.69 Å². The first-order valence-electron chi connectivity index (χ1n) is 7.80. The van der Waals surface area contributed by atoms with Gasteiger partial charge < -0.3 is 4.74 Å². The number of benzene rings is 1. The van der Waals surface area contributed by atoms with Crippen molar-refractivity contribution in [3.05, 3.63) is 42.2 Å². The number of nitrogens with zero attached hydrogens (tertiary/aromatic N) is 3. The predicted molar refractivity (Wildman–Crippen MR) is 81.9 cm³/mol. The van der Waals surface area contributed by atoms with Gasteiger partial charge in [-0.2, -0.15) is 5.10 Å². The summed E-state index contributed by atoms with van der Waals surface area (Å²) in [5.74, 6) is 0.947. The summed E-state index contributed by atoms with van der Waals surface area (Å²) in [7, 11) is 0. The molecule has 1 saturated carbocycles. The van der Waals surface area contributed by atoms with Crippen molar-refractivity contribution in [3.8, 4) is 11.4 Å². The van der Waals surface area contributed by atoms with E-state index in [1.165, 1.54) is 31.4 Å². The lowest BCUT2D eigenvalue weighted by Crippen LogP contribution is -2.29.